The molecule has 1 heterocycles. The lowest BCUT2D eigenvalue weighted by Crippen LogP contribution is -2.37. The Bertz CT molecular complexity index is 491. The molecule has 0 amide bonds. The zero-order valence-corrected chi connectivity index (χ0v) is 12.3. The molecule has 1 aliphatic carbocycles. The van der Waals surface area contributed by atoms with Gasteiger partial charge in [0.05, 0.1) is 16.6 Å². The standard InChI is InChI=1S/C15H21NO2S/c1-10-13(7-8-18-10)19(17)14-9-11-5-3-4-6-12(11)15(14)16-2/h3-6,10,13-16H,7-9H2,1-2H3. The highest BCUT2D eigenvalue weighted by Crippen LogP contribution is 2.36. The van der Waals surface area contributed by atoms with Crippen LogP contribution < -0.4 is 5.32 Å². The van der Waals surface area contributed by atoms with E-state index in [0.717, 1.165) is 19.4 Å². The highest BCUT2D eigenvalue weighted by Gasteiger charge is 2.41. The third-order valence-corrected chi connectivity index (χ3v) is 6.65. The molecule has 1 aliphatic heterocycles. The summed E-state index contributed by atoms with van der Waals surface area (Å²) in [4.78, 5) is 0. The Balaban J connectivity index is 1.85. The van der Waals surface area contributed by atoms with Crippen molar-refractivity contribution < 1.29 is 8.95 Å². The number of hydrogen-bond acceptors (Lipinski definition) is 3. The van der Waals surface area contributed by atoms with Crippen LogP contribution in [0.4, 0.5) is 0 Å². The van der Waals surface area contributed by atoms with E-state index in [1.165, 1.54) is 11.1 Å². The van der Waals surface area contributed by atoms with Gasteiger partial charge in [-0.15, -0.1) is 0 Å². The van der Waals surface area contributed by atoms with Gasteiger partial charge < -0.3 is 10.1 Å². The highest BCUT2D eigenvalue weighted by atomic mass is 32.2. The average molecular weight is 279 g/mol. The molecule has 0 spiro atoms. The molecule has 1 aromatic carbocycles. The van der Waals surface area contributed by atoms with Crippen molar-refractivity contribution in [1.82, 2.24) is 5.32 Å². The fourth-order valence-electron chi connectivity index (χ4n) is 3.36. The lowest BCUT2D eigenvalue weighted by atomic mass is 10.1. The number of benzene rings is 1. The largest absolute Gasteiger partial charge is 0.377 e. The normalized spacial score (nSPS) is 35.3. The maximum atomic E-state index is 12.9. The van der Waals surface area contributed by atoms with Crippen LogP contribution in [0.1, 0.15) is 30.5 Å². The summed E-state index contributed by atoms with van der Waals surface area (Å²) in [5.41, 5.74) is 2.65. The molecule has 4 heteroatoms. The summed E-state index contributed by atoms with van der Waals surface area (Å²) in [5.74, 6) is 0. The van der Waals surface area contributed by atoms with Crippen LogP contribution in [0.3, 0.4) is 0 Å². The smallest absolute Gasteiger partial charge is 0.0691 e. The summed E-state index contributed by atoms with van der Waals surface area (Å²) < 4.78 is 18.5. The molecule has 1 aromatic rings. The first kappa shape index (κ1) is 13.3. The van der Waals surface area contributed by atoms with E-state index in [1.807, 2.05) is 14.0 Å². The zero-order valence-electron chi connectivity index (χ0n) is 11.5. The van der Waals surface area contributed by atoms with Crippen molar-refractivity contribution in [2.24, 2.45) is 0 Å². The monoisotopic (exact) mass is 279 g/mol. The molecule has 1 fully saturated rings. The second-order valence-electron chi connectivity index (χ2n) is 5.44. The Labute approximate surface area is 117 Å². The molecule has 0 bridgehead atoms. The molecule has 104 valence electrons. The molecule has 5 unspecified atom stereocenters. The fourth-order valence-corrected chi connectivity index (χ4v) is 5.49. The van der Waals surface area contributed by atoms with Crippen molar-refractivity contribution in [2.45, 2.75) is 42.4 Å². The van der Waals surface area contributed by atoms with Crippen molar-refractivity contribution >= 4 is 10.8 Å². The van der Waals surface area contributed by atoms with E-state index in [9.17, 15) is 4.21 Å². The predicted molar refractivity (Wildman–Crippen MR) is 77.7 cm³/mol. The molecular formula is C15H21NO2S. The summed E-state index contributed by atoms with van der Waals surface area (Å²) in [7, 11) is 1.12. The lowest BCUT2D eigenvalue weighted by molar-refractivity contribution is 0.126. The number of nitrogens with one attached hydrogen (secondary N) is 1. The van der Waals surface area contributed by atoms with Crippen LogP contribution >= 0.6 is 0 Å². The SMILES string of the molecule is CNC1c2ccccc2CC1S(=O)C1CCOC1C. The Hall–Kier alpha value is -0.710. The first-order valence-electron chi connectivity index (χ1n) is 6.98. The molecule has 0 aromatic heterocycles. The van der Waals surface area contributed by atoms with Crippen molar-refractivity contribution in [2.75, 3.05) is 13.7 Å². The van der Waals surface area contributed by atoms with Crippen LogP contribution in [0, 0.1) is 0 Å². The fraction of sp³-hybridized carbons (Fsp3) is 0.600. The van der Waals surface area contributed by atoms with Crippen molar-refractivity contribution in [3.8, 4) is 0 Å². The van der Waals surface area contributed by atoms with Gasteiger partial charge in [0.15, 0.2) is 0 Å². The predicted octanol–water partition coefficient (Wildman–Crippen LogP) is 1.80. The summed E-state index contributed by atoms with van der Waals surface area (Å²) in [5, 5.41) is 3.72. The molecule has 3 nitrogen and oxygen atoms in total. The second kappa shape index (κ2) is 5.35. The van der Waals surface area contributed by atoms with E-state index >= 15 is 0 Å². The van der Waals surface area contributed by atoms with Crippen LogP contribution in [0.2, 0.25) is 0 Å². The van der Waals surface area contributed by atoms with Gasteiger partial charge >= 0.3 is 0 Å². The summed E-state index contributed by atoms with van der Waals surface area (Å²) in [6, 6.07) is 8.66. The number of rotatable bonds is 3. The number of hydrogen-bond donors (Lipinski definition) is 1. The molecule has 5 atom stereocenters. The maximum Gasteiger partial charge on any atom is 0.0691 e. The Morgan fingerprint density at radius 1 is 1.32 bits per heavy atom. The topological polar surface area (TPSA) is 38.3 Å². The molecule has 2 aliphatic rings. The van der Waals surface area contributed by atoms with E-state index in [-0.39, 0.29) is 22.6 Å². The van der Waals surface area contributed by atoms with Crippen LogP contribution in [0.15, 0.2) is 24.3 Å². The molecular weight excluding hydrogens is 258 g/mol. The number of ether oxygens (including phenoxy) is 1. The Morgan fingerprint density at radius 3 is 2.79 bits per heavy atom. The lowest BCUT2D eigenvalue weighted by Gasteiger charge is -2.24. The summed E-state index contributed by atoms with van der Waals surface area (Å²) in [6.07, 6.45) is 1.97. The Kier molecular flexibility index (Phi) is 3.74. The summed E-state index contributed by atoms with van der Waals surface area (Å²) >= 11 is 0. The quantitative estimate of drug-likeness (QED) is 0.917. The molecule has 0 radical (unpaired) electrons. The third kappa shape index (κ3) is 2.26. The van der Waals surface area contributed by atoms with E-state index in [2.05, 4.69) is 29.6 Å². The van der Waals surface area contributed by atoms with Crippen molar-refractivity contribution in [3.05, 3.63) is 35.4 Å². The van der Waals surface area contributed by atoms with Gasteiger partial charge in [-0.2, -0.15) is 0 Å². The average Bonchev–Trinajstić information content (AvgIpc) is 3.01. The van der Waals surface area contributed by atoms with Gasteiger partial charge in [-0.1, -0.05) is 24.3 Å². The minimum absolute atomic E-state index is 0.127. The van der Waals surface area contributed by atoms with Crippen LogP contribution in [-0.2, 0) is 22.0 Å². The molecule has 3 rings (SSSR count). The highest BCUT2D eigenvalue weighted by molar-refractivity contribution is 7.86. The number of fused-ring (bicyclic) bond motifs is 1. The van der Waals surface area contributed by atoms with Gasteiger partial charge in [-0.25, -0.2) is 0 Å². The van der Waals surface area contributed by atoms with Gasteiger partial charge in [-0.05, 0) is 37.9 Å². The minimum atomic E-state index is -0.844. The van der Waals surface area contributed by atoms with Crippen molar-refractivity contribution in [1.29, 1.82) is 0 Å². The first-order valence-corrected chi connectivity index (χ1v) is 8.26. The Morgan fingerprint density at radius 2 is 2.11 bits per heavy atom. The van der Waals surface area contributed by atoms with Gasteiger partial charge in [0.1, 0.15) is 0 Å². The second-order valence-corrected chi connectivity index (χ2v) is 7.31. The first-order chi connectivity index (χ1) is 9.22. The molecule has 1 saturated heterocycles. The van der Waals surface area contributed by atoms with Gasteiger partial charge in [0, 0.05) is 23.4 Å². The van der Waals surface area contributed by atoms with E-state index in [0.29, 0.717) is 0 Å². The van der Waals surface area contributed by atoms with Gasteiger partial charge in [0.25, 0.3) is 0 Å². The van der Waals surface area contributed by atoms with E-state index < -0.39 is 10.8 Å². The van der Waals surface area contributed by atoms with Crippen molar-refractivity contribution in [3.63, 3.8) is 0 Å². The van der Waals surface area contributed by atoms with E-state index in [4.69, 9.17) is 4.74 Å². The molecule has 0 saturated carbocycles. The van der Waals surface area contributed by atoms with Crippen LogP contribution in [0.25, 0.3) is 0 Å². The zero-order chi connectivity index (χ0) is 13.4. The molecule has 19 heavy (non-hydrogen) atoms. The van der Waals surface area contributed by atoms with Crippen LogP contribution in [-0.4, -0.2) is 34.5 Å². The maximum absolute atomic E-state index is 12.9. The minimum Gasteiger partial charge on any atom is -0.377 e. The van der Waals surface area contributed by atoms with Crippen LogP contribution in [0.5, 0.6) is 0 Å². The van der Waals surface area contributed by atoms with Gasteiger partial charge in [-0.3, -0.25) is 4.21 Å². The summed E-state index contributed by atoms with van der Waals surface area (Å²) in [6.45, 7) is 2.80. The molecule has 1 N–H and O–H groups in total. The van der Waals surface area contributed by atoms with E-state index in [1.54, 1.807) is 0 Å². The van der Waals surface area contributed by atoms with Gasteiger partial charge in [0.2, 0.25) is 0 Å². The third-order valence-electron chi connectivity index (χ3n) is 4.40.